The highest BCUT2D eigenvalue weighted by molar-refractivity contribution is 5.86. The summed E-state index contributed by atoms with van der Waals surface area (Å²) in [7, 11) is 0. The van der Waals surface area contributed by atoms with E-state index in [0.717, 1.165) is 25.7 Å². The average molecular weight is 240 g/mol. The van der Waals surface area contributed by atoms with Gasteiger partial charge in [-0.2, -0.15) is 0 Å². The van der Waals surface area contributed by atoms with E-state index < -0.39 is 0 Å². The standard InChI is InChI=1S/C12H20N2O3/c15-9-10-4-1-2-7-14(10)12(17)8-13-6-3-5-11(13)16/h10,15H,1-9H2. The number of rotatable bonds is 3. The molecule has 1 N–H and O–H groups in total. The summed E-state index contributed by atoms with van der Waals surface area (Å²) < 4.78 is 0. The zero-order valence-electron chi connectivity index (χ0n) is 10.1. The van der Waals surface area contributed by atoms with E-state index in [2.05, 4.69) is 0 Å². The summed E-state index contributed by atoms with van der Waals surface area (Å²) in [4.78, 5) is 26.9. The van der Waals surface area contributed by atoms with Crippen molar-refractivity contribution in [3.05, 3.63) is 0 Å². The number of nitrogens with zero attached hydrogens (tertiary/aromatic N) is 2. The smallest absolute Gasteiger partial charge is 0.242 e. The van der Waals surface area contributed by atoms with Crippen LogP contribution in [0.1, 0.15) is 32.1 Å². The molecular weight excluding hydrogens is 220 g/mol. The maximum Gasteiger partial charge on any atom is 0.242 e. The molecule has 0 radical (unpaired) electrons. The summed E-state index contributed by atoms with van der Waals surface area (Å²) in [6.07, 6.45) is 4.36. The molecule has 2 heterocycles. The van der Waals surface area contributed by atoms with Gasteiger partial charge in [0.25, 0.3) is 0 Å². The second-order valence-electron chi connectivity index (χ2n) is 4.84. The number of carbonyl (C=O) groups is 2. The summed E-state index contributed by atoms with van der Waals surface area (Å²) >= 11 is 0. The molecule has 5 heteroatoms. The summed E-state index contributed by atoms with van der Waals surface area (Å²) in [5.41, 5.74) is 0. The van der Waals surface area contributed by atoms with Crippen molar-refractivity contribution in [3.63, 3.8) is 0 Å². The molecule has 2 aliphatic rings. The van der Waals surface area contributed by atoms with E-state index in [9.17, 15) is 14.7 Å². The summed E-state index contributed by atoms with van der Waals surface area (Å²) in [5, 5.41) is 9.25. The lowest BCUT2D eigenvalue weighted by molar-refractivity contribution is -0.141. The van der Waals surface area contributed by atoms with Gasteiger partial charge in [-0.05, 0) is 25.7 Å². The van der Waals surface area contributed by atoms with Crippen molar-refractivity contribution < 1.29 is 14.7 Å². The van der Waals surface area contributed by atoms with Gasteiger partial charge in [0.2, 0.25) is 11.8 Å². The number of carbonyl (C=O) groups excluding carboxylic acids is 2. The Balaban J connectivity index is 1.91. The van der Waals surface area contributed by atoms with E-state index in [1.807, 2.05) is 0 Å². The fraction of sp³-hybridized carbons (Fsp3) is 0.833. The lowest BCUT2D eigenvalue weighted by Gasteiger charge is -2.35. The molecule has 96 valence electrons. The van der Waals surface area contributed by atoms with Crippen LogP contribution >= 0.6 is 0 Å². The number of likely N-dealkylation sites (tertiary alicyclic amines) is 2. The number of amides is 2. The summed E-state index contributed by atoms with van der Waals surface area (Å²) in [6, 6.07) is -0.0473. The molecule has 1 unspecified atom stereocenters. The topological polar surface area (TPSA) is 60.9 Å². The molecule has 2 amide bonds. The van der Waals surface area contributed by atoms with Crippen LogP contribution in [0.25, 0.3) is 0 Å². The Labute approximate surface area is 101 Å². The number of hydrogen-bond donors (Lipinski definition) is 1. The van der Waals surface area contributed by atoms with Gasteiger partial charge in [-0.3, -0.25) is 9.59 Å². The average Bonchev–Trinajstić information content (AvgIpc) is 2.75. The highest BCUT2D eigenvalue weighted by atomic mass is 16.3. The fourth-order valence-electron chi connectivity index (χ4n) is 2.64. The number of aliphatic hydroxyl groups excluding tert-OH is 1. The Morgan fingerprint density at radius 3 is 2.76 bits per heavy atom. The van der Waals surface area contributed by atoms with Gasteiger partial charge in [-0.15, -0.1) is 0 Å². The van der Waals surface area contributed by atoms with Crippen molar-refractivity contribution in [2.45, 2.75) is 38.1 Å². The van der Waals surface area contributed by atoms with Crippen LogP contribution in [0.5, 0.6) is 0 Å². The number of piperidine rings is 1. The van der Waals surface area contributed by atoms with Gasteiger partial charge in [0.15, 0.2) is 0 Å². The van der Waals surface area contributed by atoms with Gasteiger partial charge < -0.3 is 14.9 Å². The first-order valence-electron chi connectivity index (χ1n) is 6.40. The maximum absolute atomic E-state index is 12.1. The third-order valence-electron chi connectivity index (χ3n) is 3.66. The maximum atomic E-state index is 12.1. The zero-order valence-corrected chi connectivity index (χ0v) is 10.1. The monoisotopic (exact) mass is 240 g/mol. The molecule has 5 nitrogen and oxygen atoms in total. The minimum atomic E-state index is -0.0473. The van der Waals surface area contributed by atoms with Crippen LogP contribution < -0.4 is 0 Å². The van der Waals surface area contributed by atoms with E-state index in [0.29, 0.717) is 19.5 Å². The predicted octanol–water partition coefficient (Wildman–Crippen LogP) is -0.0178. The molecule has 0 saturated carbocycles. The van der Waals surface area contributed by atoms with E-state index in [-0.39, 0.29) is 31.0 Å². The van der Waals surface area contributed by atoms with Gasteiger partial charge in [0.1, 0.15) is 0 Å². The Hall–Kier alpha value is -1.10. The Bertz CT molecular complexity index is 306. The third kappa shape index (κ3) is 2.77. The molecule has 2 fully saturated rings. The molecular formula is C12H20N2O3. The highest BCUT2D eigenvalue weighted by Crippen LogP contribution is 2.18. The van der Waals surface area contributed by atoms with Crippen LogP contribution in [0, 0.1) is 0 Å². The van der Waals surface area contributed by atoms with E-state index in [1.165, 1.54) is 0 Å². The van der Waals surface area contributed by atoms with Crippen LogP contribution in [0.4, 0.5) is 0 Å². The van der Waals surface area contributed by atoms with E-state index in [4.69, 9.17) is 0 Å². The van der Waals surface area contributed by atoms with Gasteiger partial charge in [-0.1, -0.05) is 0 Å². The molecule has 2 saturated heterocycles. The molecule has 0 aliphatic carbocycles. The van der Waals surface area contributed by atoms with E-state index in [1.54, 1.807) is 9.80 Å². The number of aliphatic hydroxyl groups is 1. The molecule has 17 heavy (non-hydrogen) atoms. The molecule has 0 aromatic rings. The predicted molar refractivity (Wildman–Crippen MR) is 62.3 cm³/mol. The Morgan fingerprint density at radius 1 is 1.29 bits per heavy atom. The molecule has 0 aromatic carbocycles. The highest BCUT2D eigenvalue weighted by Gasteiger charge is 2.29. The second-order valence-corrected chi connectivity index (χ2v) is 4.84. The minimum Gasteiger partial charge on any atom is -0.394 e. The van der Waals surface area contributed by atoms with Gasteiger partial charge in [0.05, 0.1) is 19.2 Å². The van der Waals surface area contributed by atoms with Crippen molar-refractivity contribution in [2.24, 2.45) is 0 Å². The third-order valence-corrected chi connectivity index (χ3v) is 3.66. The van der Waals surface area contributed by atoms with Crippen molar-refractivity contribution in [3.8, 4) is 0 Å². The van der Waals surface area contributed by atoms with Crippen LogP contribution in [0.3, 0.4) is 0 Å². The first kappa shape index (κ1) is 12.4. The molecule has 0 spiro atoms. The van der Waals surface area contributed by atoms with Crippen molar-refractivity contribution in [1.82, 2.24) is 9.80 Å². The van der Waals surface area contributed by atoms with Gasteiger partial charge in [-0.25, -0.2) is 0 Å². The molecule has 0 bridgehead atoms. The second kappa shape index (κ2) is 5.49. The number of hydrogen-bond acceptors (Lipinski definition) is 3. The SMILES string of the molecule is O=C1CCCN1CC(=O)N1CCCCC1CO. The molecule has 2 aliphatic heterocycles. The first-order chi connectivity index (χ1) is 8.22. The Morgan fingerprint density at radius 2 is 2.12 bits per heavy atom. The molecule has 1 atom stereocenters. The zero-order chi connectivity index (χ0) is 12.3. The Kier molecular flexibility index (Phi) is 3.99. The van der Waals surface area contributed by atoms with Crippen molar-refractivity contribution in [2.75, 3.05) is 26.2 Å². The fourth-order valence-corrected chi connectivity index (χ4v) is 2.64. The first-order valence-corrected chi connectivity index (χ1v) is 6.40. The lowest BCUT2D eigenvalue weighted by atomic mass is 10.0. The minimum absolute atomic E-state index is 0.0148. The quantitative estimate of drug-likeness (QED) is 0.754. The molecule has 0 aromatic heterocycles. The van der Waals surface area contributed by atoms with Gasteiger partial charge >= 0.3 is 0 Å². The van der Waals surface area contributed by atoms with Crippen LogP contribution in [-0.4, -0.2) is 59.0 Å². The van der Waals surface area contributed by atoms with Crippen molar-refractivity contribution >= 4 is 11.8 Å². The van der Waals surface area contributed by atoms with Crippen LogP contribution in [0.15, 0.2) is 0 Å². The molecule has 2 rings (SSSR count). The van der Waals surface area contributed by atoms with Crippen LogP contribution in [-0.2, 0) is 9.59 Å². The van der Waals surface area contributed by atoms with E-state index >= 15 is 0 Å². The lowest BCUT2D eigenvalue weighted by Crippen LogP contribution is -2.49. The largest absolute Gasteiger partial charge is 0.394 e. The normalized spacial score (nSPS) is 25.5. The van der Waals surface area contributed by atoms with Gasteiger partial charge in [0, 0.05) is 19.5 Å². The summed E-state index contributed by atoms with van der Waals surface area (Å²) in [5.74, 6) is 0.0647. The van der Waals surface area contributed by atoms with Crippen molar-refractivity contribution in [1.29, 1.82) is 0 Å². The van der Waals surface area contributed by atoms with Crippen LogP contribution in [0.2, 0.25) is 0 Å². The summed E-state index contributed by atoms with van der Waals surface area (Å²) in [6.45, 7) is 1.63.